The predicted molar refractivity (Wildman–Crippen MR) is 138 cm³/mol. The molecular weight excluding hydrogens is 460 g/mol. The molecular formula is C25H34N8O3. The Hall–Kier alpha value is -3.63. The highest BCUT2D eigenvalue weighted by Gasteiger charge is 2.37. The van der Waals surface area contributed by atoms with E-state index in [2.05, 4.69) is 31.2 Å². The molecule has 11 heteroatoms. The van der Waals surface area contributed by atoms with E-state index >= 15 is 0 Å². The van der Waals surface area contributed by atoms with Gasteiger partial charge in [-0.3, -0.25) is 10.2 Å². The Morgan fingerprint density at radius 2 is 1.81 bits per heavy atom. The van der Waals surface area contributed by atoms with Gasteiger partial charge in [0.15, 0.2) is 5.82 Å². The van der Waals surface area contributed by atoms with Gasteiger partial charge in [-0.1, -0.05) is 0 Å². The van der Waals surface area contributed by atoms with Gasteiger partial charge in [-0.2, -0.15) is 0 Å². The van der Waals surface area contributed by atoms with Crippen molar-refractivity contribution < 1.29 is 14.3 Å². The summed E-state index contributed by atoms with van der Waals surface area (Å²) in [6, 6.07) is 5.61. The van der Waals surface area contributed by atoms with Crippen molar-refractivity contribution in [3.05, 3.63) is 30.7 Å². The molecule has 2 saturated heterocycles. The number of nitrogens with zero attached hydrogens (tertiary/aromatic N) is 7. The average molecular weight is 495 g/mol. The Morgan fingerprint density at radius 3 is 2.53 bits per heavy atom. The van der Waals surface area contributed by atoms with Gasteiger partial charge < -0.3 is 19.4 Å². The van der Waals surface area contributed by atoms with Gasteiger partial charge in [0.1, 0.15) is 23.6 Å². The first-order valence-corrected chi connectivity index (χ1v) is 12.6. The molecule has 0 saturated carbocycles. The van der Waals surface area contributed by atoms with Crippen LogP contribution in [0.15, 0.2) is 30.7 Å². The largest absolute Gasteiger partial charge is 0.444 e. The van der Waals surface area contributed by atoms with Crippen LogP contribution in [0.2, 0.25) is 0 Å². The van der Waals surface area contributed by atoms with E-state index < -0.39 is 5.60 Å². The van der Waals surface area contributed by atoms with E-state index in [1.165, 1.54) is 6.33 Å². The van der Waals surface area contributed by atoms with Crippen LogP contribution in [0.1, 0.15) is 40.0 Å². The van der Waals surface area contributed by atoms with Gasteiger partial charge in [-0.15, -0.1) is 0 Å². The van der Waals surface area contributed by atoms with Crippen LogP contribution >= 0.6 is 0 Å². The highest BCUT2D eigenvalue weighted by molar-refractivity contribution is 6.03. The maximum absolute atomic E-state index is 13.5. The van der Waals surface area contributed by atoms with Gasteiger partial charge in [0.25, 0.3) is 0 Å². The van der Waals surface area contributed by atoms with E-state index in [1.54, 1.807) is 22.1 Å². The number of hydrogen-bond donors (Lipinski definition) is 1. The van der Waals surface area contributed by atoms with Gasteiger partial charge in [-0.25, -0.2) is 24.5 Å². The number of urea groups is 1. The third-order valence-electron chi connectivity index (χ3n) is 6.75. The van der Waals surface area contributed by atoms with Gasteiger partial charge in [0.05, 0.1) is 5.69 Å². The van der Waals surface area contributed by atoms with Crippen LogP contribution in [0, 0.1) is 0 Å². The van der Waals surface area contributed by atoms with E-state index in [0.29, 0.717) is 31.3 Å². The number of carbonyl (C=O) groups is 2. The second-order valence-corrected chi connectivity index (χ2v) is 10.4. The third-order valence-corrected chi connectivity index (χ3v) is 6.75. The van der Waals surface area contributed by atoms with Gasteiger partial charge in [-0.05, 0) is 58.2 Å². The molecule has 36 heavy (non-hydrogen) atoms. The summed E-state index contributed by atoms with van der Waals surface area (Å²) in [5.74, 6) is 1.94. The molecule has 2 aromatic rings. The molecule has 4 aliphatic heterocycles. The van der Waals surface area contributed by atoms with Crippen LogP contribution in [0.4, 0.5) is 32.7 Å². The van der Waals surface area contributed by atoms with Gasteiger partial charge >= 0.3 is 12.1 Å². The Balaban J connectivity index is 1.38. The minimum atomic E-state index is -0.522. The van der Waals surface area contributed by atoms with E-state index in [-0.39, 0.29) is 18.2 Å². The van der Waals surface area contributed by atoms with Crippen LogP contribution in [0.3, 0.4) is 0 Å². The summed E-state index contributed by atoms with van der Waals surface area (Å²) in [5.41, 5.74) is 0.452. The maximum Gasteiger partial charge on any atom is 0.410 e. The number of hydrogen-bond acceptors (Lipinski definition) is 8. The Morgan fingerprint density at radius 1 is 1.00 bits per heavy atom. The normalized spacial score (nSPS) is 18.4. The summed E-state index contributed by atoms with van der Waals surface area (Å²) in [6.07, 6.45) is 5.32. The SMILES string of the molecule is CC(C)(C)OC(=O)N1CCCN(c2ccc3c(n2)N(C(=O)Nc2ccncn2)C2CCN3CC2)CC1. The summed E-state index contributed by atoms with van der Waals surface area (Å²) in [5, 5.41) is 2.91. The zero-order valence-electron chi connectivity index (χ0n) is 21.2. The molecule has 11 nitrogen and oxygen atoms in total. The number of rotatable bonds is 2. The molecule has 3 amide bonds. The molecule has 1 N–H and O–H groups in total. The lowest BCUT2D eigenvalue weighted by molar-refractivity contribution is 0.0263. The quantitative estimate of drug-likeness (QED) is 0.678. The lowest BCUT2D eigenvalue weighted by Crippen LogP contribution is -2.46. The molecule has 2 bridgehead atoms. The fourth-order valence-electron chi connectivity index (χ4n) is 5.02. The molecule has 0 atom stereocenters. The van der Waals surface area contributed by atoms with Crippen molar-refractivity contribution in [1.82, 2.24) is 19.9 Å². The van der Waals surface area contributed by atoms with E-state index in [4.69, 9.17) is 9.72 Å². The minimum Gasteiger partial charge on any atom is -0.444 e. The number of carbonyl (C=O) groups excluding carboxylic acids is 2. The monoisotopic (exact) mass is 494 g/mol. The molecule has 6 rings (SSSR count). The van der Waals surface area contributed by atoms with Crippen molar-refractivity contribution >= 4 is 35.3 Å². The smallest absolute Gasteiger partial charge is 0.410 e. The predicted octanol–water partition coefficient (Wildman–Crippen LogP) is 3.34. The molecule has 2 fully saturated rings. The number of amides is 3. The van der Waals surface area contributed by atoms with Gasteiger partial charge in [0, 0.05) is 51.5 Å². The lowest BCUT2D eigenvalue weighted by atomic mass is 10.1. The van der Waals surface area contributed by atoms with Crippen LogP contribution in [-0.2, 0) is 4.74 Å². The van der Waals surface area contributed by atoms with Crippen molar-refractivity contribution in [3.8, 4) is 0 Å². The van der Waals surface area contributed by atoms with Crippen LogP contribution in [0.25, 0.3) is 0 Å². The number of nitrogens with one attached hydrogen (secondary N) is 1. The molecule has 6 heterocycles. The van der Waals surface area contributed by atoms with E-state index in [9.17, 15) is 9.59 Å². The maximum atomic E-state index is 13.5. The standard InChI is InChI=1S/C25H34N8O3/c1-25(2,3)36-24(35)32-12-4-11-31(15-16-32)21-6-5-19-22(29-21)33(18-8-13-30(19)14-9-18)23(34)28-20-7-10-26-17-27-20/h5-7,10,17-18H,4,8-9,11-16H2,1-3H3,(H,26,27,28,34). The molecule has 2 aromatic heterocycles. The topological polar surface area (TPSA) is 107 Å². The first-order valence-electron chi connectivity index (χ1n) is 12.6. The average Bonchev–Trinajstić information content (AvgIpc) is 3.25. The number of piperidine rings is 1. The van der Waals surface area contributed by atoms with Gasteiger partial charge in [0.2, 0.25) is 0 Å². The second kappa shape index (κ2) is 9.79. The van der Waals surface area contributed by atoms with Crippen molar-refractivity contribution in [3.63, 3.8) is 0 Å². The molecule has 0 spiro atoms. The number of anilines is 4. The summed E-state index contributed by atoms with van der Waals surface area (Å²) < 4.78 is 5.57. The summed E-state index contributed by atoms with van der Waals surface area (Å²) >= 11 is 0. The van der Waals surface area contributed by atoms with Crippen LogP contribution < -0.4 is 20.0 Å². The lowest BCUT2D eigenvalue weighted by Gasteiger charge is -2.31. The summed E-state index contributed by atoms with van der Waals surface area (Å²) in [6.45, 7) is 10.0. The van der Waals surface area contributed by atoms with Crippen molar-refractivity contribution in [2.75, 3.05) is 59.3 Å². The fraction of sp³-hybridized carbons (Fsp3) is 0.560. The molecule has 0 aromatic carbocycles. The molecule has 4 aliphatic rings. The molecule has 192 valence electrons. The Labute approximate surface area is 211 Å². The number of ether oxygens (including phenoxy) is 1. The highest BCUT2D eigenvalue weighted by atomic mass is 16.6. The third kappa shape index (κ3) is 5.14. The molecule has 0 unspecified atom stereocenters. The van der Waals surface area contributed by atoms with E-state index in [0.717, 1.165) is 50.4 Å². The first-order chi connectivity index (χ1) is 17.3. The van der Waals surface area contributed by atoms with Crippen LogP contribution in [-0.4, -0.2) is 82.9 Å². The highest BCUT2D eigenvalue weighted by Crippen LogP contribution is 2.39. The minimum absolute atomic E-state index is 0.0684. The number of aromatic nitrogens is 3. The van der Waals surface area contributed by atoms with Crippen molar-refractivity contribution in [1.29, 1.82) is 0 Å². The second-order valence-electron chi connectivity index (χ2n) is 10.4. The van der Waals surface area contributed by atoms with Crippen LogP contribution in [0.5, 0.6) is 0 Å². The fourth-order valence-corrected chi connectivity index (χ4v) is 5.02. The Kier molecular flexibility index (Phi) is 6.55. The zero-order valence-corrected chi connectivity index (χ0v) is 21.2. The summed E-state index contributed by atoms with van der Waals surface area (Å²) in [7, 11) is 0. The van der Waals surface area contributed by atoms with E-state index in [1.807, 2.05) is 26.8 Å². The van der Waals surface area contributed by atoms with Crippen molar-refractivity contribution in [2.24, 2.45) is 0 Å². The zero-order chi connectivity index (χ0) is 25.3. The number of fused-ring (bicyclic) bond motifs is 2. The number of pyridine rings is 1. The molecule has 0 radical (unpaired) electrons. The first kappa shape index (κ1) is 24.1. The Bertz CT molecular complexity index is 1100. The summed E-state index contributed by atoms with van der Waals surface area (Å²) in [4.78, 5) is 47.2. The molecule has 0 aliphatic carbocycles. The van der Waals surface area contributed by atoms with Crippen molar-refractivity contribution in [2.45, 2.75) is 51.7 Å².